The largest absolute Gasteiger partial charge is 0.388 e. The summed E-state index contributed by atoms with van der Waals surface area (Å²) in [6.45, 7) is 3.83. The van der Waals surface area contributed by atoms with Crippen LogP contribution in [0.5, 0.6) is 0 Å². The van der Waals surface area contributed by atoms with Gasteiger partial charge in [0.25, 0.3) is 0 Å². The van der Waals surface area contributed by atoms with Crippen LogP contribution in [0.1, 0.15) is 26.5 Å². The SMILES string of the molecule is C#C[C@]1(CC)O[C@@H](n2cnc3c(N)ncnc32)C(O)C1C.[Ac]. The number of aliphatic hydroxyl groups excluding tert-OH is 1. The van der Waals surface area contributed by atoms with E-state index in [2.05, 4.69) is 20.9 Å². The first-order valence-electron chi connectivity index (χ1n) is 6.80. The summed E-state index contributed by atoms with van der Waals surface area (Å²) in [4.78, 5) is 12.3. The molecule has 0 saturated carbocycles. The fourth-order valence-electron chi connectivity index (χ4n) is 2.87. The smallest absolute Gasteiger partial charge is 0.167 e. The van der Waals surface area contributed by atoms with Crippen LogP contribution in [0.3, 0.4) is 0 Å². The average molecular weight is 514 g/mol. The average Bonchev–Trinajstić information content (AvgIpc) is 3.02. The van der Waals surface area contributed by atoms with Crippen LogP contribution >= 0.6 is 0 Å². The molecule has 3 rings (SSSR count). The zero-order valence-electron chi connectivity index (χ0n) is 12.5. The van der Waals surface area contributed by atoms with Crippen molar-refractivity contribution in [2.45, 2.75) is 38.2 Å². The standard InChI is InChI=1S/C14H17N5O2.Ac/c1-4-14(5-2)8(3)10(20)13(21-14)19-7-18-9-11(15)16-6-17-12(9)19;/h1,6-8,10,13,20H,5H2,2-3H3,(H2,15,16,17);/t8?,10?,13-,14-;/m1./s1. The first-order chi connectivity index (χ1) is 10.0. The van der Waals surface area contributed by atoms with Gasteiger partial charge in [0.2, 0.25) is 0 Å². The van der Waals surface area contributed by atoms with Crippen molar-refractivity contribution in [2.24, 2.45) is 5.92 Å². The number of rotatable bonds is 2. The van der Waals surface area contributed by atoms with E-state index in [-0.39, 0.29) is 55.8 Å². The second-order valence-corrected chi connectivity index (χ2v) is 5.26. The molecule has 2 aromatic rings. The second-order valence-electron chi connectivity index (χ2n) is 5.26. The molecule has 0 spiro atoms. The van der Waals surface area contributed by atoms with E-state index in [4.69, 9.17) is 16.9 Å². The third kappa shape index (κ3) is 2.45. The second kappa shape index (κ2) is 6.41. The van der Waals surface area contributed by atoms with Crippen LogP contribution in [0, 0.1) is 62.3 Å². The summed E-state index contributed by atoms with van der Waals surface area (Å²) in [7, 11) is 0. The number of aliphatic hydroxyl groups is 1. The maximum absolute atomic E-state index is 10.5. The molecule has 0 bridgehead atoms. The summed E-state index contributed by atoms with van der Waals surface area (Å²) >= 11 is 0. The van der Waals surface area contributed by atoms with E-state index in [0.717, 1.165) is 0 Å². The molecule has 3 N–H and O–H groups in total. The van der Waals surface area contributed by atoms with Crippen LogP contribution in [0.4, 0.5) is 5.82 Å². The summed E-state index contributed by atoms with van der Waals surface area (Å²) in [6, 6.07) is 0. The van der Waals surface area contributed by atoms with Crippen LogP contribution in [-0.2, 0) is 4.74 Å². The number of ether oxygens (including phenoxy) is 1. The molecule has 1 saturated heterocycles. The molecule has 0 aromatic carbocycles. The van der Waals surface area contributed by atoms with Crippen molar-refractivity contribution in [1.82, 2.24) is 19.5 Å². The van der Waals surface area contributed by atoms with Crippen molar-refractivity contribution in [3.8, 4) is 12.3 Å². The van der Waals surface area contributed by atoms with Crippen molar-refractivity contribution in [3.63, 3.8) is 0 Å². The third-order valence-corrected chi connectivity index (χ3v) is 4.30. The number of nitrogens with two attached hydrogens (primary N) is 1. The number of aromatic nitrogens is 4. The molecule has 0 amide bonds. The minimum atomic E-state index is -0.792. The first-order valence-corrected chi connectivity index (χ1v) is 6.80. The third-order valence-electron chi connectivity index (χ3n) is 4.30. The van der Waals surface area contributed by atoms with E-state index < -0.39 is 17.9 Å². The number of fused-ring (bicyclic) bond motifs is 1. The fraction of sp³-hybridized carbons (Fsp3) is 0.500. The van der Waals surface area contributed by atoms with Crippen LogP contribution < -0.4 is 5.73 Å². The van der Waals surface area contributed by atoms with Crippen molar-refractivity contribution in [1.29, 1.82) is 0 Å². The van der Waals surface area contributed by atoms with Gasteiger partial charge < -0.3 is 15.6 Å². The molecule has 3 heterocycles. The predicted octanol–water partition coefficient (Wildman–Crippen LogP) is 0.716. The zero-order valence-corrected chi connectivity index (χ0v) is 17.2. The van der Waals surface area contributed by atoms with Crippen molar-refractivity contribution < 1.29 is 53.9 Å². The van der Waals surface area contributed by atoms with Gasteiger partial charge >= 0.3 is 0 Å². The number of anilines is 1. The number of terminal acetylenes is 1. The maximum Gasteiger partial charge on any atom is 0.167 e. The zero-order chi connectivity index (χ0) is 15.2. The number of nitrogen functional groups attached to an aromatic ring is 1. The summed E-state index contributed by atoms with van der Waals surface area (Å²) in [6.07, 6.45) is 7.74. The van der Waals surface area contributed by atoms with Gasteiger partial charge in [0.05, 0.1) is 6.33 Å². The number of hydrogen-bond donors (Lipinski definition) is 2. The predicted molar refractivity (Wildman–Crippen MR) is 76.9 cm³/mol. The molecule has 2 unspecified atom stereocenters. The molecular formula is C14H17AcN5O2. The van der Waals surface area contributed by atoms with E-state index in [0.29, 0.717) is 17.6 Å². The summed E-state index contributed by atoms with van der Waals surface area (Å²) in [5, 5.41) is 10.5. The Morgan fingerprint density at radius 3 is 2.82 bits per heavy atom. The van der Waals surface area contributed by atoms with Gasteiger partial charge in [0.1, 0.15) is 23.5 Å². The van der Waals surface area contributed by atoms with Crippen LogP contribution in [0.2, 0.25) is 0 Å². The molecular weight excluding hydrogens is 497 g/mol. The van der Waals surface area contributed by atoms with E-state index in [1.54, 1.807) is 10.9 Å². The van der Waals surface area contributed by atoms with Gasteiger partial charge in [0, 0.05) is 50.0 Å². The minimum absolute atomic E-state index is 0. The Bertz CT molecular complexity index is 728. The number of hydrogen-bond acceptors (Lipinski definition) is 6. The molecule has 4 atom stereocenters. The Balaban J connectivity index is 0.00000176. The van der Waals surface area contributed by atoms with Crippen LogP contribution in [0.15, 0.2) is 12.7 Å². The van der Waals surface area contributed by atoms with E-state index in [1.807, 2.05) is 13.8 Å². The van der Waals surface area contributed by atoms with Gasteiger partial charge in [-0.1, -0.05) is 19.8 Å². The Hall–Kier alpha value is -0.728. The number of imidazole rings is 1. The quantitative estimate of drug-likeness (QED) is 0.574. The maximum atomic E-state index is 10.5. The van der Waals surface area contributed by atoms with Gasteiger partial charge in [-0.2, -0.15) is 0 Å². The molecule has 113 valence electrons. The molecule has 7 nitrogen and oxygen atoms in total. The van der Waals surface area contributed by atoms with Gasteiger partial charge in [-0.25, -0.2) is 15.0 Å². The van der Waals surface area contributed by atoms with Crippen LogP contribution in [-0.4, -0.2) is 36.3 Å². The van der Waals surface area contributed by atoms with E-state index in [9.17, 15) is 5.11 Å². The molecule has 2 aromatic heterocycles. The van der Waals surface area contributed by atoms with Crippen molar-refractivity contribution >= 4 is 17.0 Å². The molecule has 1 radical (unpaired) electrons. The van der Waals surface area contributed by atoms with Crippen molar-refractivity contribution in [2.75, 3.05) is 5.73 Å². The summed E-state index contributed by atoms with van der Waals surface area (Å²) < 4.78 is 7.66. The van der Waals surface area contributed by atoms with Gasteiger partial charge in [-0.3, -0.25) is 4.57 Å². The fourth-order valence-corrected chi connectivity index (χ4v) is 2.87. The summed E-state index contributed by atoms with van der Waals surface area (Å²) in [5.41, 5.74) is 5.98. The molecule has 1 aliphatic rings. The summed E-state index contributed by atoms with van der Waals surface area (Å²) in [5.74, 6) is 2.78. The Morgan fingerprint density at radius 2 is 2.23 bits per heavy atom. The monoisotopic (exact) mass is 514 g/mol. The topological polar surface area (TPSA) is 99.1 Å². The van der Waals surface area contributed by atoms with E-state index in [1.165, 1.54) is 6.33 Å². The van der Waals surface area contributed by atoms with Gasteiger partial charge in [-0.05, 0) is 6.42 Å². The Kier molecular flexibility index (Phi) is 5.13. The van der Waals surface area contributed by atoms with E-state index >= 15 is 0 Å². The Morgan fingerprint density at radius 1 is 1.50 bits per heavy atom. The molecule has 1 fully saturated rings. The normalized spacial score (nSPS) is 30.9. The van der Waals surface area contributed by atoms with Crippen LogP contribution in [0.25, 0.3) is 11.2 Å². The van der Waals surface area contributed by atoms with Gasteiger partial charge in [0.15, 0.2) is 17.7 Å². The van der Waals surface area contributed by atoms with Gasteiger partial charge in [-0.15, -0.1) is 6.42 Å². The Labute approximate surface area is 164 Å². The molecule has 22 heavy (non-hydrogen) atoms. The molecule has 1 aliphatic heterocycles. The minimum Gasteiger partial charge on any atom is -0.388 e. The molecule has 8 heteroatoms. The molecule has 0 aliphatic carbocycles. The van der Waals surface area contributed by atoms with Crippen molar-refractivity contribution in [3.05, 3.63) is 12.7 Å². The number of nitrogens with zero attached hydrogens (tertiary/aromatic N) is 4. The first kappa shape index (κ1) is 17.6.